The summed E-state index contributed by atoms with van der Waals surface area (Å²) in [4.78, 5) is 12.2. The Morgan fingerprint density at radius 2 is 1.77 bits per heavy atom. The maximum atomic E-state index is 12.5. The summed E-state index contributed by atoms with van der Waals surface area (Å²) in [6.07, 6.45) is 0. The zero-order valence-electron chi connectivity index (χ0n) is 14.2. The van der Waals surface area contributed by atoms with E-state index in [9.17, 15) is 13.2 Å². The lowest BCUT2D eigenvalue weighted by atomic mass is 10.2. The number of rotatable bonds is 5. The Balaban J connectivity index is 1.74. The average molecular weight is 371 g/mol. The van der Waals surface area contributed by atoms with Gasteiger partial charge in [-0.2, -0.15) is 0 Å². The zero-order chi connectivity index (χ0) is 18.7. The van der Waals surface area contributed by atoms with Crippen LogP contribution in [-0.2, 0) is 10.0 Å². The van der Waals surface area contributed by atoms with E-state index in [0.29, 0.717) is 22.8 Å². The number of carbonyl (C=O) groups is 1. The van der Waals surface area contributed by atoms with Crippen molar-refractivity contribution in [3.05, 3.63) is 71.5 Å². The summed E-state index contributed by atoms with van der Waals surface area (Å²) < 4.78 is 32.3. The molecule has 0 atom stereocenters. The smallest absolute Gasteiger partial charge is 0.261 e. The highest BCUT2D eigenvalue weighted by Gasteiger charge is 2.16. The number of benzene rings is 2. The second-order valence-corrected chi connectivity index (χ2v) is 7.46. The highest BCUT2D eigenvalue weighted by Crippen LogP contribution is 2.18. The fourth-order valence-electron chi connectivity index (χ4n) is 2.32. The van der Waals surface area contributed by atoms with E-state index in [1.165, 1.54) is 24.3 Å². The molecule has 1 amide bonds. The van der Waals surface area contributed by atoms with Gasteiger partial charge in [0.15, 0.2) is 5.82 Å². The lowest BCUT2D eigenvalue weighted by Gasteiger charge is -2.09. The molecule has 3 aromatic rings. The van der Waals surface area contributed by atoms with Crippen LogP contribution in [0.25, 0.3) is 0 Å². The van der Waals surface area contributed by atoms with Gasteiger partial charge in [-0.3, -0.25) is 9.52 Å². The van der Waals surface area contributed by atoms with Crippen molar-refractivity contribution in [2.24, 2.45) is 0 Å². The van der Waals surface area contributed by atoms with E-state index in [1.807, 2.05) is 13.0 Å². The van der Waals surface area contributed by atoms with Crippen LogP contribution in [0.4, 0.5) is 11.5 Å². The largest absolute Gasteiger partial charge is 0.360 e. The molecule has 0 saturated heterocycles. The molecule has 0 aliphatic rings. The predicted molar refractivity (Wildman–Crippen MR) is 97.6 cm³/mol. The van der Waals surface area contributed by atoms with E-state index in [0.717, 1.165) is 5.56 Å². The van der Waals surface area contributed by atoms with E-state index >= 15 is 0 Å². The van der Waals surface area contributed by atoms with Gasteiger partial charge in [0.25, 0.3) is 15.9 Å². The molecular weight excluding hydrogens is 354 g/mol. The molecule has 1 aromatic heterocycles. The molecule has 0 spiro atoms. The topological polar surface area (TPSA) is 101 Å². The molecule has 7 nitrogen and oxygen atoms in total. The Morgan fingerprint density at radius 1 is 1.04 bits per heavy atom. The highest BCUT2D eigenvalue weighted by molar-refractivity contribution is 7.92. The average Bonchev–Trinajstić information content (AvgIpc) is 2.99. The predicted octanol–water partition coefficient (Wildman–Crippen LogP) is 3.34. The summed E-state index contributed by atoms with van der Waals surface area (Å²) in [5.74, 6) is 0.461. The molecule has 0 aliphatic heterocycles. The first kappa shape index (κ1) is 17.7. The SMILES string of the molecule is Cc1cccc(NS(=O)(=O)c2ccc(C(=O)Nc3cc(C)on3)cc2)c1. The molecule has 0 saturated carbocycles. The fraction of sp³-hybridized carbons (Fsp3) is 0.111. The third kappa shape index (κ3) is 4.09. The van der Waals surface area contributed by atoms with Crippen molar-refractivity contribution in [1.29, 1.82) is 0 Å². The van der Waals surface area contributed by atoms with Crippen LogP contribution < -0.4 is 10.0 Å². The van der Waals surface area contributed by atoms with Crippen LogP contribution in [0.15, 0.2) is 64.0 Å². The number of carbonyl (C=O) groups excluding carboxylic acids is 1. The standard InChI is InChI=1S/C18H17N3O4S/c1-12-4-3-5-15(10-12)21-26(23,24)16-8-6-14(7-9-16)18(22)19-17-11-13(2)25-20-17/h3-11,21H,1-2H3,(H,19,20,22). The molecule has 3 rings (SSSR count). The molecule has 134 valence electrons. The van der Waals surface area contributed by atoms with E-state index < -0.39 is 15.9 Å². The molecule has 0 radical (unpaired) electrons. The molecule has 2 aromatic carbocycles. The van der Waals surface area contributed by atoms with Gasteiger partial charge >= 0.3 is 0 Å². The van der Waals surface area contributed by atoms with E-state index in [1.54, 1.807) is 31.2 Å². The summed E-state index contributed by atoms with van der Waals surface area (Å²) in [6, 6.07) is 14.3. The van der Waals surface area contributed by atoms with E-state index in [2.05, 4.69) is 15.2 Å². The summed E-state index contributed by atoms with van der Waals surface area (Å²) in [6.45, 7) is 3.59. The molecule has 0 fully saturated rings. The Morgan fingerprint density at radius 3 is 2.38 bits per heavy atom. The van der Waals surface area contributed by atoms with Crippen LogP contribution in [0.5, 0.6) is 0 Å². The van der Waals surface area contributed by atoms with Crippen molar-refractivity contribution < 1.29 is 17.7 Å². The van der Waals surface area contributed by atoms with Crippen molar-refractivity contribution in [3.63, 3.8) is 0 Å². The minimum Gasteiger partial charge on any atom is -0.360 e. The second kappa shape index (κ2) is 7.01. The van der Waals surface area contributed by atoms with Crippen LogP contribution in [0.1, 0.15) is 21.7 Å². The number of sulfonamides is 1. The molecule has 0 aliphatic carbocycles. The van der Waals surface area contributed by atoms with E-state index in [4.69, 9.17) is 4.52 Å². The normalized spacial score (nSPS) is 11.2. The Labute approximate surface area is 151 Å². The van der Waals surface area contributed by atoms with Gasteiger partial charge in [-0.05, 0) is 55.8 Å². The van der Waals surface area contributed by atoms with Crippen LogP contribution in [0.2, 0.25) is 0 Å². The van der Waals surface area contributed by atoms with Gasteiger partial charge in [-0.15, -0.1) is 0 Å². The quantitative estimate of drug-likeness (QED) is 0.716. The second-order valence-electron chi connectivity index (χ2n) is 5.78. The van der Waals surface area contributed by atoms with Crippen molar-refractivity contribution in [3.8, 4) is 0 Å². The number of hydrogen-bond donors (Lipinski definition) is 2. The molecular formula is C18H17N3O4S. The van der Waals surface area contributed by atoms with Gasteiger partial charge in [0.1, 0.15) is 5.76 Å². The molecule has 0 bridgehead atoms. The number of amides is 1. The van der Waals surface area contributed by atoms with Crippen LogP contribution in [0, 0.1) is 13.8 Å². The summed E-state index contributed by atoms with van der Waals surface area (Å²) in [7, 11) is -3.74. The fourth-order valence-corrected chi connectivity index (χ4v) is 3.37. The Kier molecular flexibility index (Phi) is 4.77. The minimum absolute atomic E-state index is 0.0628. The summed E-state index contributed by atoms with van der Waals surface area (Å²) in [5, 5.41) is 6.25. The maximum Gasteiger partial charge on any atom is 0.261 e. The number of hydrogen-bond acceptors (Lipinski definition) is 5. The first-order chi connectivity index (χ1) is 12.3. The lowest BCUT2D eigenvalue weighted by Crippen LogP contribution is -2.15. The van der Waals surface area contributed by atoms with Gasteiger partial charge in [-0.25, -0.2) is 8.42 Å². The summed E-state index contributed by atoms with van der Waals surface area (Å²) in [5.41, 5.74) is 1.73. The number of aromatic nitrogens is 1. The van der Waals surface area contributed by atoms with Crippen molar-refractivity contribution in [2.45, 2.75) is 18.7 Å². The van der Waals surface area contributed by atoms with Crippen LogP contribution in [-0.4, -0.2) is 19.5 Å². The van der Waals surface area contributed by atoms with Crippen molar-refractivity contribution >= 4 is 27.4 Å². The molecule has 26 heavy (non-hydrogen) atoms. The van der Waals surface area contributed by atoms with Crippen molar-refractivity contribution in [1.82, 2.24) is 5.16 Å². The van der Waals surface area contributed by atoms with Gasteiger partial charge in [0, 0.05) is 17.3 Å². The third-order valence-corrected chi connectivity index (χ3v) is 4.96. The van der Waals surface area contributed by atoms with Crippen molar-refractivity contribution in [2.75, 3.05) is 10.0 Å². The Hall–Kier alpha value is -3.13. The number of nitrogens with one attached hydrogen (secondary N) is 2. The molecule has 8 heteroatoms. The lowest BCUT2D eigenvalue weighted by molar-refractivity contribution is 0.102. The van der Waals surface area contributed by atoms with Gasteiger partial charge in [0.05, 0.1) is 4.90 Å². The molecule has 2 N–H and O–H groups in total. The number of nitrogens with zero attached hydrogens (tertiary/aromatic N) is 1. The third-order valence-electron chi connectivity index (χ3n) is 3.57. The molecule has 0 unspecified atom stereocenters. The zero-order valence-corrected chi connectivity index (χ0v) is 15.0. The Bertz CT molecular complexity index is 1040. The summed E-state index contributed by atoms with van der Waals surface area (Å²) >= 11 is 0. The first-order valence-electron chi connectivity index (χ1n) is 7.78. The van der Waals surface area contributed by atoms with Crippen LogP contribution >= 0.6 is 0 Å². The van der Waals surface area contributed by atoms with Gasteiger partial charge in [0.2, 0.25) is 0 Å². The minimum atomic E-state index is -3.74. The number of aryl methyl sites for hydroxylation is 2. The number of anilines is 2. The maximum absolute atomic E-state index is 12.5. The first-order valence-corrected chi connectivity index (χ1v) is 9.26. The highest BCUT2D eigenvalue weighted by atomic mass is 32.2. The van der Waals surface area contributed by atoms with Gasteiger partial charge < -0.3 is 9.84 Å². The monoisotopic (exact) mass is 371 g/mol. The van der Waals surface area contributed by atoms with E-state index in [-0.39, 0.29) is 4.90 Å². The van der Waals surface area contributed by atoms with Crippen LogP contribution in [0.3, 0.4) is 0 Å². The molecule has 1 heterocycles. The van der Waals surface area contributed by atoms with Gasteiger partial charge in [-0.1, -0.05) is 17.3 Å².